The Morgan fingerprint density at radius 3 is 2.19 bits per heavy atom. The molecule has 5 N–H and O–H groups in total. The summed E-state index contributed by atoms with van der Waals surface area (Å²) < 4.78 is 26.2. The topological polar surface area (TPSA) is 164 Å². The summed E-state index contributed by atoms with van der Waals surface area (Å²) in [4.78, 5) is 27.5. The van der Waals surface area contributed by atoms with E-state index in [-0.39, 0.29) is 13.0 Å². The molecule has 2 saturated carbocycles. The standard InChI is InChI=1S/C43H49NO10/c1-24-28(52-38(49)33(46)31(25-14-8-5-9-15-25)44-37(48)26-16-10-6-11-17-26)22-43-36(53-39(54-43)27-18-12-7-13-19-27)34-41(4,21-20-29-42(34,50)23-51-29)35(47)32(45)30(24)40(43,2)3/h5-19,28-29,31-36,39,45-47,50H,20-23H2,1-4H3,(H,44,48)/t28-,29+,31-,32+,33+,34-,35-,36-,39?,41+,42-,43+/m0/s1. The molecule has 1 spiro atoms. The van der Waals surface area contributed by atoms with Gasteiger partial charge in [0.25, 0.3) is 5.91 Å². The predicted molar refractivity (Wildman–Crippen MR) is 195 cm³/mol. The molecule has 3 aromatic carbocycles. The maximum Gasteiger partial charge on any atom is 0.338 e. The fourth-order valence-corrected chi connectivity index (χ4v) is 10.4. The quantitative estimate of drug-likeness (QED) is 0.174. The Hall–Kier alpha value is -3.94. The van der Waals surface area contributed by atoms with Crippen LogP contribution in [-0.2, 0) is 23.7 Å². The Kier molecular flexibility index (Phi) is 9.16. The van der Waals surface area contributed by atoms with Crippen LogP contribution in [0.3, 0.4) is 0 Å². The molecule has 3 aliphatic carbocycles. The highest BCUT2D eigenvalue weighted by atomic mass is 16.7. The molecule has 1 amide bonds. The van der Waals surface area contributed by atoms with Crippen molar-refractivity contribution in [2.75, 3.05) is 6.61 Å². The van der Waals surface area contributed by atoms with Crippen LogP contribution in [-0.4, -0.2) is 86.7 Å². The van der Waals surface area contributed by atoms with E-state index in [9.17, 15) is 30.0 Å². The van der Waals surface area contributed by atoms with E-state index in [4.69, 9.17) is 18.9 Å². The second-order valence-corrected chi connectivity index (χ2v) is 16.5. The summed E-state index contributed by atoms with van der Waals surface area (Å²) in [6.07, 6.45) is -6.81. The maximum atomic E-state index is 14.2. The summed E-state index contributed by atoms with van der Waals surface area (Å²) in [6.45, 7) is 7.58. The molecular formula is C43H49NO10. The average molecular weight is 740 g/mol. The fraction of sp³-hybridized carbons (Fsp3) is 0.488. The summed E-state index contributed by atoms with van der Waals surface area (Å²) in [7, 11) is 0. The molecule has 286 valence electrons. The zero-order valence-electron chi connectivity index (χ0n) is 30.9. The van der Waals surface area contributed by atoms with Crippen LogP contribution in [0.5, 0.6) is 0 Å². The van der Waals surface area contributed by atoms with Gasteiger partial charge < -0.3 is 44.7 Å². The molecule has 12 atom stereocenters. The van der Waals surface area contributed by atoms with E-state index in [1.165, 1.54) is 0 Å². The molecule has 8 rings (SSSR count). The summed E-state index contributed by atoms with van der Waals surface area (Å²) in [6, 6.07) is 25.5. The van der Waals surface area contributed by atoms with Gasteiger partial charge in [0, 0.05) is 34.3 Å². The molecule has 4 fully saturated rings. The second kappa shape index (κ2) is 13.4. The van der Waals surface area contributed by atoms with Gasteiger partial charge in [-0.3, -0.25) is 4.79 Å². The number of amides is 1. The lowest BCUT2D eigenvalue weighted by Gasteiger charge is -2.67. The van der Waals surface area contributed by atoms with Gasteiger partial charge in [0.15, 0.2) is 12.4 Å². The van der Waals surface area contributed by atoms with Gasteiger partial charge >= 0.3 is 5.97 Å². The van der Waals surface area contributed by atoms with Gasteiger partial charge in [-0.05, 0) is 48.6 Å². The molecule has 2 aliphatic heterocycles. The van der Waals surface area contributed by atoms with Crippen molar-refractivity contribution in [1.29, 1.82) is 0 Å². The monoisotopic (exact) mass is 739 g/mol. The highest BCUT2D eigenvalue weighted by Gasteiger charge is 2.76. The molecule has 3 aromatic rings. The van der Waals surface area contributed by atoms with Crippen molar-refractivity contribution in [2.45, 2.75) is 107 Å². The number of rotatable bonds is 7. The summed E-state index contributed by atoms with van der Waals surface area (Å²) in [5, 5.41) is 51.5. The summed E-state index contributed by atoms with van der Waals surface area (Å²) in [5.41, 5.74) is -2.15. The number of carbonyl (C=O) groups excluding carboxylic acids is 2. The van der Waals surface area contributed by atoms with Crippen LogP contribution in [0.2, 0.25) is 0 Å². The number of hydrogen-bond acceptors (Lipinski definition) is 10. The molecule has 0 radical (unpaired) electrons. The van der Waals surface area contributed by atoms with Crippen LogP contribution in [0.1, 0.15) is 80.8 Å². The number of carbonyl (C=O) groups is 2. The molecule has 1 unspecified atom stereocenters. The minimum atomic E-state index is -1.82. The van der Waals surface area contributed by atoms with E-state index in [1.54, 1.807) is 67.6 Å². The van der Waals surface area contributed by atoms with Crippen molar-refractivity contribution < 1.29 is 49.0 Å². The fourth-order valence-electron chi connectivity index (χ4n) is 10.4. The zero-order valence-corrected chi connectivity index (χ0v) is 30.9. The second-order valence-electron chi connectivity index (χ2n) is 16.5. The maximum absolute atomic E-state index is 14.2. The van der Waals surface area contributed by atoms with E-state index in [1.807, 2.05) is 51.1 Å². The van der Waals surface area contributed by atoms with E-state index in [0.29, 0.717) is 35.1 Å². The average Bonchev–Trinajstić information content (AvgIpc) is 3.55. The van der Waals surface area contributed by atoms with Crippen LogP contribution >= 0.6 is 0 Å². The van der Waals surface area contributed by atoms with Gasteiger partial charge in [0.05, 0.1) is 31.0 Å². The first-order valence-electron chi connectivity index (χ1n) is 18.8. The van der Waals surface area contributed by atoms with Crippen LogP contribution < -0.4 is 5.32 Å². The first-order valence-corrected chi connectivity index (χ1v) is 18.8. The molecule has 11 heteroatoms. The van der Waals surface area contributed by atoms with Crippen molar-refractivity contribution in [1.82, 2.24) is 5.32 Å². The van der Waals surface area contributed by atoms with Crippen molar-refractivity contribution in [3.05, 3.63) is 119 Å². The van der Waals surface area contributed by atoms with Gasteiger partial charge in [0.1, 0.15) is 23.4 Å². The molecule has 0 aromatic heterocycles. The number of hydrogen-bond donors (Lipinski definition) is 5. The van der Waals surface area contributed by atoms with Crippen LogP contribution in [0.4, 0.5) is 0 Å². The number of fused-ring (bicyclic) bond motifs is 5. The highest BCUT2D eigenvalue weighted by Crippen LogP contribution is 2.68. The van der Waals surface area contributed by atoms with Crippen molar-refractivity contribution in [3.63, 3.8) is 0 Å². The lowest BCUT2D eigenvalue weighted by atomic mass is 9.45. The molecule has 2 heterocycles. The number of nitrogens with one attached hydrogen (secondary N) is 1. The Morgan fingerprint density at radius 1 is 0.926 bits per heavy atom. The number of benzene rings is 3. The Balaban J connectivity index is 1.20. The lowest BCUT2D eigenvalue weighted by molar-refractivity contribution is -0.336. The molecule has 54 heavy (non-hydrogen) atoms. The first-order chi connectivity index (χ1) is 25.7. The smallest absolute Gasteiger partial charge is 0.338 e. The van der Waals surface area contributed by atoms with E-state index < -0.39 is 88.8 Å². The number of ether oxygens (including phenoxy) is 4. The Labute approximate surface area is 314 Å². The third-order valence-electron chi connectivity index (χ3n) is 13.4. The SMILES string of the molecule is CC1=C2[C@@H](O)[C@H](O)[C@]3(C)CC[C@H]4OC[C@@]4(O)[C@H]3[C@@H]3OC(c4ccccc4)O[C@@]3(C[C@@H]1OC(=O)[C@H](O)[C@@H](NC(=O)c1ccccc1)c1ccccc1)C2(C)C. The molecule has 11 nitrogen and oxygen atoms in total. The summed E-state index contributed by atoms with van der Waals surface area (Å²) >= 11 is 0. The normalized spacial score (nSPS) is 37.6. The third kappa shape index (κ3) is 5.50. The molecule has 2 saturated heterocycles. The van der Waals surface area contributed by atoms with E-state index in [0.717, 1.165) is 5.56 Å². The minimum absolute atomic E-state index is 0.0367. The van der Waals surface area contributed by atoms with Crippen molar-refractivity contribution >= 4 is 11.9 Å². The Morgan fingerprint density at radius 2 is 1.56 bits per heavy atom. The number of esters is 1. The van der Waals surface area contributed by atoms with Gasteiger partial charge in [0.2, 0.25) is 0 Å². The van der Waals surface area contributed by atoms with E-state index >= 15 is 0 Å². The molecule has 5 aliphatic rings. The Bertz CT molecular complexity index is 1920. The van der Waals surface area contributed by atoms with Gasteiger partial charge in [-0.1, -0.05) is 99.6 Å². The largest absolute Gasteiger partial charge is 0.456 e. The van der Waals surface area contributed by atoms with E-state index in [2.05, 4.69) is 5.32 Å². The van der Waals surface area contributed by atoms with Crippen LogP contribution in [0.25, 0.3) is 0 Å². The minimum Gasteiger partial charge on any atom is -0.456 e. The van der Waals surface area contributed by atoms with Gasteiger partial charge in [-0.15, -0.1) is 0 Å². The number of aliphatic hydroxyl groups excluding tert-OH is 3. The third-order valence-corrected chi connectivity index (χ3v) is 13.4. The molecular weight excluding hydrogens is 690 g/mol. The molecule has 2 bridgehead atoms. The highest BCUT2D eigenvalue weighted by molar-refractivity contribution is 5.95. The van der Waals surface area contributed by atoms with Gasteiger partial charge in [-0.25, -0.2) is 4.79 Å². The van der Waals surface area contributed by atoms with Crippen LogP contribution in [0, 0.1) is 16.7 Å². The van der Waals surface area contributed by atoms with Gasteiger partial charge in [-0.2, -0.15) is 0 Å². The summed E-state index contributed by atoms with van der Waals surface area (Å²) in [5.74, 6) is -2.22. The first kappa shape index (κ1) is 37.0. The predicted octanol–water partition coefficient (Wildman–Crippen LogP) is 4.31. The van der Waals surface area contributed by atoms with Crippen molar-refractivity contribution in [3.8, 4) is 0 Å². The van der Waals surface area contributed by atoms with Crippen molar-refractivity contribution in [2.24, 2.45) is 16.7 Å². The zero-order chi connectivity index (χ0) is 38.2. The van der Waals surface area contributed by atoms with Crippen LogP contribution in [0.15, 0.2) is 102 Å². The number of aliphatic hydroxyl groups is 4. The lowest BCUT2D eigenvalue weighted by Crippen LogP contribution is -2.78.